The largest absolute Gasteiger partial charge is 0.420 e. The molecule has 3 fully saturated rings. The van der Waals surface area contributed by atoms with Gasteiger partial charge in [-0.1, -0.05) is 6.92 Å². The molecule has 5 nitrogen and oxygen atoms in total. The zero-order valence-electron chi connectivity index (χ0n) is 18.1. The van der Waals surface area contributed by atoms with E-state index >= 15 is 0 Å². The minimum Gasteiger partial charge on any atom is -0.321 e. The second kappa shape index (κ2) is 7.16. The first-order valence-electron chi connectivity index (χ1n) is 10.8. The summed E-state index contributed by atoms with van der Waals surface area (Å²) >= 11 is 1.33. The summed E-state index contributed by atoms with van der Waals surface area (Å²) in [5, 5.41) is 7.34. The number of hydrogen-bond acceptors (Lipinski definition) is 4. The van der Waals surface area contributed by atoms with E-state index in [4.69, 9.17) is 0 Å². The Morgan fingerprint density at radius 3 is 2.55 bits per heavy atom. The second-order valence-electron chi connectivity index (χ2n) is 9.60. The molecule has 0 bridgehead atoms. The molecule has 33 heavy (non-hydrogen) atoms. The Hall–Kier alpha value is -2.17. The third kappa shape index (κ3) is 3.54. The fourth-order valence-electron chi connectivity index (χ4n) is 5.33. The lowest BCUT2D eigenvalue weighted by Gasteiger charge is -2.54. The molecular weight excluding hydrogens is 463 g/mol. The summed E-state index contributed by atoms with van der Waals surface area (Å²) in [6, 6.07) is 3.05. The third-order valence-corrected chi connectivity index (χ3v) is 8.00. The molecule has 1 spiro atoms. The van der Waals surface area contributed by atoms with Crippen molar-refractivity contribution in [2.75, 3.05) is 11.6 Å². The normalized spacial score (nSPS) is 25.1. The number of pyridine rings is 1. The van der Waals surface area contributed by atoms with Gasteiger partial charge in [0.25, 0.3) is 11.8 Å². The number of anilines is 1. The van der Waals surface area contributed by atoms with Crippen molar-refractivity contribution in [3.05, 3.63) is 35.3 Å². The molecule has 1 atom stereocenters. The molecule has 3 aliphatic carbocycles. The number of carbonyl (C=O) groups excluding carboxylic acids is 1. The quantitative estimate of drug-likeness (QED) is 0.404. The Balaban J connectivity index is 1.55. The summed E-state index contributed by atoms with van der Waals surface area (Å²) in [5.74, 6) is -4.17. The molecule has 178 valence electrons. The van der Waals surface area contributed by atoms with Crippen LogP contribution < -0.4 is 5.32 Å². The van der Waals surface area contributed by atoms with Crippen LogP contribution in [0.1, 0.15) is 66.7 Å². The van der Waals surface area contributed by atoms with E-state index in [2.05, 4.69) is 15.4 Å². The summed E-state index contributed by atoms with van der Waals surface area (Å²) in [6.45, 7) is 1.51. The van der Waals surface area contributed by atoms with Crippen LogP contribution in [0, 0.1) is 10.8 Å². The zero-order valence-corrected chi connectivity index (χ0v) is 18.9. The van der Waals surface area contributed by atoms with E-state index in [9.17, 15) is 26.7 Å². The van der Waals surface area contributed by atoms with E-state index in [1.807, 2.05) is 0 Å². The molecule has 2 aromatic heterocycles. The van der Waals surface area contributed by atoms with Crippen molar-refractivity contribution in [1.29, 1.82) is 0 Å². The molecule has 0 saturated heterocycles. The topological polar surface area (TPSA) is 59.8 Å². The molecule has 0 aromatic carbocycles. The number of aromatic nitrogens is 3. The molecule has 1 unspecified atom stereocenters. The number of nitrogens with one attached hydrogen (secondary N) is 1. The Morgan fingerprint density at radius 1 is 1.30 bits per heavy atom. The van der Waals surface area contributed by atoms with E-state index in [-0.39, 0.29) is 18.2 Å². The number of halogens is 5. The predicted octanol–water partition coefficient (Wildman–Crippen LogP) is 5.97. The summed E-state index contributed by atoms with van der Waals surface area (Å²) in [4.78, 5) is 17.3. The van der Waals surface area contributed by atoms with Crippen LogP contribution in [0.3, 0.4) is 0 Å². The highest BCUT2D eigenvalue weighted by molar-refractivity contribution is 7.98. The molecule has 3 aliphatic rings. The lowest BCUT2D eigenvalue weighted by molar-refractivity contribution is -0.243. The highest BCUT2D eigenvalue weighted by atomic mass is 32.2. The molecule has 0 radical (unpaired) electrons. The molecule has 1 N–H and O–H groups in total. The summed E-state index contributed by atoms with van der Waals surface area (Å²) in [6.07, 6.45) is -0.215. The van der Waals surface area contributed by atoms with Gasteiger partial charge in [-0.15, -0.1) is 11.8 Å². The Kier molecular flexibility index (Phi) is 4.91. The number of amides is 1. The van der Waals surface area contributed by atoms with Gasteiger partial charge in [-0.05, 0) is 44.1 Å². The van der Waals surface area contributed by atoms with Gasteiger partial charge in [0.2, 0.25) is 0 Å². The molecular formula is C22H23F5N4OS. The first-order valence-corrected chi connectivity index (χ1v) is 12.0. The third-order valence-electron chi connectivity index (χ3n) is 7.36. The molecule has 3 saturated carbocycles. The van der Waals surface area contributed by atoms with Crippen LogP contribution in [0.25, 0.3) is 0 Å². The van der Waals surface area contributed by atoms with Gasteiger partial charge in [0.15, 0.2) is 0 Å². The van der Waals surface area contributed by atoms with Crippen LogP contribution in [0.5, 0.6) is 0 Å². The number of thioether (sulfide) groups is 1. The predicted molar refractivity (Wildman–Crippen MR) is 113 cm³/mol. The summed E-state index contributed by atoms with van der Waals surface area (Å²) < 4.78 is 72.2. The van der Waals surface area contributed by atoms with Crippen molar-refractivity contribution in [2.45, 2.75) is 68.6 Å². The first kappa shape index (κ1) is 22.6. The van der Waals surface area contributed by atoms with Crippen molar-refractivity contribution in [3.8, 4) is 0 Å². The minimum absolute atomic E-state index is 0.159. The van der Waals surface area contributed by atoms with Crippen LogP contribution >= 0.6 is 11.8 Å². The van der Waals surface area contributed by atoms with Crippen molar-refractivity contribution >= 4 is 23.4 Å². The fourth-order valence-corrected chi connectivity index (χ4v) is 5.74. The highest BCUT2D eigenvalue weighted by Gasteiger charge is 2.80. The van der Waals surface area contributed by atoms with E-state index in [1.54, 1.807) is 19.2 Å². The van der Waals surface area contributed by atoms with Gasteiger partial charge < -0.3 is 5.32 Å². The average Bonchev–Trinajstić information content (AvgIpc) is 3.63. The van der Waals surface area contributed by atoms with Crippen molar-refractivity contribution in [3.63, 3.8) is 0 Å². The van der Waals surface area contributed by atoms with Crippen molar-refractivity contribution < 1.29 is 26.7 Å². The van der Waals surface area contributed by atoms with Crippen molar-refractivity contribution in [2.24, 2.45) is 10.8 Å². The minimum atomic E-state index is -4.80. The van der Waals surface area contributed by atoms with E-state index < -0.39 is 46.5 Å². The zero-order chi connectivity index (χ0) is 23.8. The van der Waals surface area contributed by atoms with Crippen LogP contribution in [0.15, 0.2) is 23.4 Å². The smallest absolute Gasteiger partial charge is 0.321 e. The monoisotopic (exact) mass is 486 g/mol. The molecule has 0 aliphatic heterocycles. The molecule has 5 rings (SSSR count). The van der Waals surface area contributed by atoms with Gasteiger partial charge >= 0.3 is 6.18 Å². The number of hydrogen-bond donors (Lipinski definition) is 1. The molecule has 11 heteroatoms. The standard InChI is InChI=1S/C22H23F5N4OS/c1-19(10-21(23,24)20(19)6-7-20)11-31-17(15(22(25,26)27)16(30-31)12-3-4-12)18(32)29-13-5-8-28-14(9-13)33-2/h5,8-9,12H,3-4,6-7,10-11H2,1-2H3,(H,28,29,32). The van der Waals surface area contributed by atoms with Crippen LogP contribution in [0.2, 0.25) is 0 Å². The van der Waals surface area contributed by atoms with Gasteiger partial charge in [-0.2, -0.15) is 18.3 Å². The van der Waals surface area contributed by atoms with Crippen LogP contribution in [-0.4, -0.2) is 32.8 Å². The van der Waals surface area contributed by atoms with Crippen LogP contribution in [0.4, 0.5) is 27.6 Å². The van der Waals surface area contributed by atoms with E-state index in [1.165, 1.54) is 24.0 Å². The van der Waals surface area contributed by atoms with Crippen molar-refractivity contribution in [1.82, 2.24) is 14.8 Å². The van der Waals surface area contributed by atoms with Gasteiger partial charge in [-0.3, -0.25) is 9.48 Å². The second-order valence-corrected chi connectivity index (χ2v) is 10.4. The first-order chi connectivity index (χ1) is 15.4. The molecule has 2 aromatic rings. The molecule has 2 heterocycles. The van der Waals surface area contributed by atoms with E-state index in [0.717, 1.165) is 4.68 Å². The number of rotatable bonds is 6. The Bertz CT molecular complexity index is 1120. The lowest BCUT2D eigenvalue weighted by Crippen LogP contribution is -2.59. The molecule has 1 amide bonds. The average molecular weight is 487 g/mol. The summed E-state index contributed by atoms with van der Waals surface area (Å²) in [7, 11) is 0. The van der Waals surface area contributed by atoms with E-state index in [0.29, 0.717) is 36.4 Å². The van der Waals surface area contributed by atoms with Gasteiger partial charge in [0.1, 0.15) is 11.3 Å². The Morgan fingerprint density at radius 2 is 2.00 bits per heavy atom. The maximum Gasteiger partial charge on any atom is 0.420 e. The highest BCUT2D eigenvalue weighted by Crippen LogP contribution is 2.78. The van der Waals surface area contributed by atoms with Crippen LogP contribution in [-0.2, 0) is 12.7 Å². The Labute approximate surface area is 191 Å². The van der Waals surface area contributed by atoms with Gasteiger partial charge in [-0.25, -0.2) is 13.8 Å². The lowest BCUT2D eigenvalue weighted by atomic mass is 9.55. The summed E-state index contributed by atoms with van der Waals surface area (Å²) in [5.41, 5.74) is -3.67. The SMILES string of the molecule is CSc1cc(NC(=O)c2c(C(F)(F)F)c(C3CC3)nn2CC2(C)CC(F)(F)C23CC3)ccn1. The maximum absolute atomic E-state index is 14.3. The number of nitrogens with zero attached hydrogens (tertiary/aromatic N) is 3. The number of carbonyl (C=O) groups is 1. The fraction of sp³-hybridized carbons (Fsp3) is 0.591. The number of alkyl halides is 5. The maximum atomic E-state index is 14.3. The van der Waals surface area contributed by atoms with Gasteiger partial charge in [0, 0.05) is 41.6 Å². The van der Waals surface area contributed by atoms with Gasteiger partial charge in [0.05, 0.1) is 10.7 Å².